The summed E-state index contributed by atoms with van der Waals surface area (Å²) >= 11 is 0. The number of nitrogens with two attached hydrogens (primary N) is 1. The van der Waals surface area contributed by atoms with E-state index in [1.54, 1.807) is 0 Å². The summed E-state index contributed by atoms with van der Waals surface area (Å²) in [5, 5.41) is 10.1. The van der Waals surface area contributed by atoms with E-state index in [4.69, 9.17) is 5.73 Å². The predicted molar refractivity (Wildman–Crippen MR) is 60.0 cm³/mol. The van der Waals surface area contributed by atoms with Gasteiger partial charge in [-0.3, -0.25) is 0 Å². The van der Waals surface area contributed by atoms with Gasteiger partial charge in [0.25, 0.3) is 0 Å². The average Bonchev–Trinajstić information content (AvgIpc) is 2.08. The first-order valence-corrected chi connectivity index (χ1v) is 5.90. The molecule has 0 aromatic carbocycles. The molecule has 1 rings (SSSR count). The molecule has 2 heteroatoms. The third-order valence-electron chi connectivity index (χ3n) is 3.82. The predicted octanol–water partition coefficient (Wildman–Crippen LogP) is 2.30. The van der Waals surface area contributed by atoms with Crippen molar-refractivity contribution in [2.45, 2.75) is 64.5 Å². The Morgan fingerprint density at radius 1 is 1.36 bits per heavy atom. The van der Waals surface area contributed by atoms with Crippen LogP contribution in [0.3, 0.4) is 0 Å². The summed E-state index contributed by atoms with van der Waals surface area (Å²) in [7, 11) is 0. The van der Waals surface area contributed by atoms with Crippen LogP contribution in [0.15, 0.2) is 0 Å². The zero-order chi connectivity index (χ0) is 10.8. The Morgan fingerprint density at radius 3 is 2.29 bits per heavy atom. The van der Waals surface area contributed by atoms with Crippen LogP contribution in [-0.2, 0) is 0 Å². The molecule has 0 spiro atoms. The van der Waals surface area contributed by atoms with Crippen molar-refractivity contribution < 1.29 is 5.11 Å². The molecule has 2 nitrogen and oxygen atoms in total. The largest absolute Gasteiger partial charge is 0.389 e. The van der Waals surface area contributed by atoms with Crippen molar-refractivity contribution in [2.24, 2.45) is 17.6 Å². The van der Waals surface area contributed by atoms with Gasteiger partial charge < -0.3 is 10.8 Å². The first-order valence-electron chi connectivity index (χ1n) is 5.90. The van der Waals surface area contributed by atoms with Crippen LogP contribution in [0, 0.1) is 11.8 Å². The third-order valence-corrected chi connectivity index (χ3v) is 3.82. The van der Waals surface area contributed by atoms with Crippen LogP contribution < -0.4 is 5.73 Å². The van der Waals surface area contributed by atoms with Crippen LogP contribution in [0.25, 0.3) is 0 Å². The van der Waals surface area contributed by atoms with Gasteiger partial charge in [0, 0.05) is 6.04 Å². The van der Waals surface area contributed by atoms with Gasteiger partial charge in [0.2, 0.25) is 0 Å². The molecule has 0 heterocycles. The van der Waals surface area contributed by atoms with Crippen LogP contribution >= 0.6 is 0 Å². The summed E-state index contributed by atoms with van der Waals surface area (Å²) in [5.41, 5.74) is 5.09. The molecular formula is C12H25NO. The Hall–Kier alpha value is -0.0800. The van der Waals surface area contributed by atoms with Crippen LogP contribution in [0.1, 0.15) is 52.9 Å². The SMILES string of the molecule is CC1CCC(CC(C)(O)C(C)N)CC1. The number of aliphatic hydroxyl groups is 1. The molecule has 1 saturated carbocycles. The lowest BCUT2D eigenvalue weighted by Gasteiger charge is -2.34. The van der Waals surface area contributed by atoms with Crippen molar-refractivity contribution >= 4 is 0 Å². The Balaban J connectivity index is 2.37. The highest BCUT2D eigenvalue weighted by molar-refractivity contribution is 4.85. The minimum atomic E-state index is -0.675. The normalized spacial score (nSPS) is 34.9. The smallest absolute Gasteiger partial charge is 0.0769 e. The molecule has 0 saturated heterocycles. The second kappa shape index (κ2) is 4.63. The van der Waals surface area contributed by atoms with Gasteiger partial charge in [-0.05, 0) is 32.1 Å². The standard InChI is InChI=1S/C12H25NO/c1-9-4-6-11(7-5-9)8-12(3,14)10(2)13/h9-11,14H,4-8,13H2,1-3H3. The Labute approximate surface area is 87.9 Å². The van der Waals surface area contributed by atoms with Crippen molar-refractivity contribution in [2.75, 3.05) is 0 Å². The molecule has 14 heavy (non-hydrogen) atoms. The molecule has 2 unspecified atom stereocenters. The van der Waals surface area contributed by atoms with E-state index in [1.165, 1.54) is 25.7 Å². The highest BCUT2D eigenvalue weighted by Crippen LogP contribution is 2.34. The lowest BCUT2D eigenvalue weighted by atomic mass is 9.76. The molecule has 2 atom stereocenters. The molecule has 0 aliphatic heterocycles. The lowest BCUT2D eigenvalue weighted by molar-refractivity contribution is 0.00680. The molecular weight excluding hydrogens is 174 g/mol. The summed E-state index contributed by atoms with van der Waals surface area (Å²) in [6.45, 7) is 6.08. The van der Waals surface area contributed by atoms with E-state index in [2.05, 4.69) is 6.92 Å². The Bertz CT molecular complexity index is 169. The summed E-state index contributed by atoms with van der Waals surface area (Å²) in [4.78, 5) is 0. The van der Waals surface area contributed by atoms with Crippen molar-refractivity contribution in [1.82, 2.24) is 0 Å². The topological polar surface area (TPSA) is 46.2 Å². The van der Waals surface area contributed by atoms with Crippen molar-refractivity contribution in [3.8, 4) is 0 Å². The van der Waals surface area contributed by atoms with Gasteiger partial charge in [0.05, 0.1) is 5.60 Å². The molecule has 0 aromatic heterocycles. The summed E-state index contributed by atoms with van der Waals surface area (Å²) < 4.78 is 0. The van der Waals surface area contributed by atoms with Gasteiger partial charge in [-0.1, -0.05) is 32.6 Å². The fourth-order valence-electron chi connectivity index (χ4n) is 2.30. The number of hydrogen-bond donors (Lipinski definition) is 2. The molecule has 1 aliphatic rings. The average molecular weight is 199 g/mol. The summed E-state index contributed by atoms with van der Waals surface area (Å²) in [5.74, 6) is 1.57. The molecule has 84 valence electrons. The quantitative estimate of drug-likeness (QED) is 0.732. The number of hydrogen-bond acceptors (Lipinski definition) is 2. The van der Waals surface area contributed by atoms with Gasteiger partial charge in [0.1, 0.15) is 0 Å². The third kappa shape index (κ3) is 3.25. The van der Waals surface area contributed by atoms with E-state index in [0.717, 1.165) is 12.3 Å². The second-order valence-corrected chi connectivity index (χ2v) is 5.48. The van der Waals surface area contributed by atoms with Gasteiger partial charge in [-0.2, -0.15) is 0 Å². The molecule has 0 amide bonds. The van der Waals surface area contributed by atoms with Gasteiger partial charge >= 0.3 is 0 Å². The minimum Gasteiger partial charge on any atom is -0.389 e. The maximum atomic E-state index is 10.1. The molecule has 0 bridgehead atoms. The fraction of sp³-hybridized carbons (Fsp3) is 1.00. The maximum absolute atomic E-state index is 10.1. The van der Waals surface area contributed by atoms with Crippen LogP contribution in [-0.4, -0.2) is 16.7 Å². The molecule has 0 radical (unpaired) electrons. The Morgan fingerprint density at radius 2 is 1.86 bits per heavy atom. The van der Waals surface area contributed by atoms with Crippen molar-refractivity contribution in [1.29, 1.82) is 0 Å². The second-order valence-electron chi connectivity index (χ2n) is 5.48. The number of rotatable bonds is 3. The van der Waals surface area contributed by atoms with Crippen molar-refractivity contribution in [3.63, 3.8) is 0 Å². The van der Waals surface area contributed by atoms with Crippen LogP contribution in [0.2, 0.25) is 0 Å². The Kier molecular flexibility index (Phi) is 3.96. The highest BCUT2D eigenvalue weighted by Gasteiger charge is 2.30. The van der Waals surface area contributed by atoms with Gasteiger partial charge in [-0.25, -0.2) is 0 Å². The first-order chi connectivity index (χ1) is 6.42. The van der Waals surface area contributed by atoms with E-state index in [1.807, 2.05) is 13.8 Å². The van der Waals surface area contributed by atoms with Gasteiger partial charge in [-0.15, -0.1) is 0 Å². The summed E-state index contributed by atoms with van der Waals surface area (Å²) in [6.07, 6.45) is 6.05. The lowest BCUT2D eigenvalue weighted by Crippen LogP contribution is -2.45. The molecule has 0 aromatic rings. The van der Waals surface area contributed by atoms with Gasteiger partial charge in [0.15, 0.2) is 0 Å². The van der Waals surface area contributed by atoms with Crippen LogP contribution in [0.4, 0.5) is 0 Å². The molecule has 3 N–H and O–H groups in total. The molecule has 1 aliphatic carbocycles. The zero-order valence-electron chi connectivity index (χ0n) is 9.79. The van der Waals surface area contributed by atoms with Crippen molar-refractivity contribution in [3.05, 3.63) is 0 Å². The highest BCUT2D eigenvalue weighted by atomic mass is 16.3. The summed E-state index contributed by atoms with van der Waals surface area (Å²) in [6, 6.07) is -0.123. The monoisotopic (exact) mass is 199 g/mol. The van der Waals surface area contributed by atoms with Crippen LogP contribution in [0.5, 0.6) is 0 Å². The fourth-order valence-corrected chi connectivity index (χ4v) is 2.30. The van der Waals surface area contributed by atoms with E-state index in [-0.39, 0.29) is 6.04 Å². The van der Waals surface area contributed by atoms with E-state index >= 15 is 0 Å². The zero-order valence-corrected chi connectivity index (χ0v) is 9.79. The molecule has 1 fully saturated rings. The maximum Gasteiger partial charge on any atom is 0.0769 e. The van der Waals surface area contributed by atoms with E-state index < -0.39 is 5.60 Å². The van der Waals surface area contributed by atoms with E-state index in [9.17, 15) is 5.11 Å². The first kappa shape index (κ1) is 12.0. The van der Waals surface area contributed by atoms with E-state index in [0.29, 0.717) is 5.92 Å². The minimum absolute atomic E-state index is 0.123.